The number of carbonyl (C=O) groups is 1. The van der Waals surface area contributed by atoms with E-state index in [0.717, 1.165) is 32.5 Å². The molecule has 0 aromatic heterocycles. The molecule has 0 spiro atoms. The van der Waals surface area contributed by atoms with Crippen molar-refractivity contribution >= 4 is 11.6 Å². The van der Waals surface area contributed by atoms with Gasteiger partial charge in [0.2, 0.25) is 0 Å². The number of rotatable bonds is 6. The molecule has 1 fully saturated rings. The molecule has 1 atom stereocenters. The van der Waals surface area contributed by atoms with Crippen LogP contribution >= 0.6 is 0 Å². The van der Waals surface area contributed by atoms with Crippen molar-refractivity contribution in [1.82, 2.24) is 10.2 Å². The van der Waals surface area contributed by atoms with E-state index in [1.807, 2.05) is 18.0 Å². The second kappa shape index (κ2) is 8.40. The molecule has 2 aliphatic rings. The van der Waals surface area contributed by atoms with Gasteiger partial charge < -0.3 is 15.1 Å². The van der Waals surface area contributed by atoms with Crippen LogP contribution in [0, 0.1) is 5.92 Å². The highest BCUT2D eigenvalue weighted by Crippen LogP contribution is 2.39. The van der Waals surface area contributed by atoms with Crippen molar-refractivity contribution in [3.8, 4) is 0 Å². The Kier molecular flexibility index (Phi) is 5.84. The average Bonchev–Trinajstić information content (AvgIpc) is 3.34. The topological polar surface area (TPSA) is 35.6 Å². The zero-order valence-corrected chi connectivity index (χ0v) is 17.0. The first-order chi connectivity index (χ1) is 14.3. The molecule has 160 valence electrons. The van der Waals surface area contributed by atoms with Crippen LogP contribution in [0.5, 0.6) is 0 Å². The number of halogens is 3. The van der Waals surface area contributed by atoms with Crippen LogP contribution in [0.25, 0.3) is 0 Å². The van der Waals surface area contributed by atoms with E-state index >= 15 is 0 Å². The maximum atomic E-state index is 13.8. The molecule has 0 aliphatic carbocycles. The number of amides is 1. The predicted octanol–water partition coefficient (Wildman–Crippen LogP) is 4.30. The summed E-state index contributed by atoms with van der Waals surface area (Å²) in [4.78, 5) is 16.4. The largest absolute Gasteiger partial charge is 0.416 e. The molecule has 1 saturated heterocycles. The van der Waals surface area contributed by atoms with Crippen molar-refractivity contribution in [1.29, 1.82) is 0 Å². The van der Waals surface area contributed by atoms with Crippen molar-refractivity contribution < 1.29 is 18.0 Å². The van der Waals surface area contributed by atoms with E-state index in [2.05, 4.69) is 5.32 Å². The standard InChI is InChI=1S/C23H26F3N3O/c1-28(10-8-16-7-9-27-13-16)14-17-11-19-20(21(12-17)23(24,25)26)15-29(22(19)30)18-5-3-2-4-6-18/h2-6,11-12,16,27H,7-10,13-15H2,1H3. The van der Waals surface area contributed by atoms with E-state index in [1.165, 1.54) is 11.0 Å². The van der Waals surface area contributed by atoms with E-state index in [-0.39, 0.29) is 23.6 Å². The third-order valence-electron chi connectivity index (χ3n) is 6.01. The van der Waals surface area contributed by atoms with Gasteiger partial charge in [-0.2, -0.15) is 13.2 Å². The molecule has 1 unspecified atom stereocenters. The molecule has 4 nitrogen and oxygen atoms in total. The minimum Gasteiger partial charge on any atom is -0.316 e. The summed E-state index contributed by atoms with van der Waals surface area (Å²) >= 11 is 0. The van der Waals surface area contributed by atoms with Crippen LogP contribution < -0.4 is 10.2 Å². The third kappa shape index (κ3) is 4.37. The van der Waals surface area contributed by atoms with Crippen molar-refractivity contribution in [3.05, 3.63) is 64.7 Å². The maximum absolute atomic E-state index is 13.8. The first-order valence-electron chi connectivity index (χ1n) is 10.3. The Hall–Kier alpha value is -2.38. The SMILES string of the molecule is CN(CCC1CCNC1)Cc1cc2c(c(C(F)(F)F)c1)CN(c1ccccc1)C2=O. The number of para-hydroxylation sites is 1. The number of anilines is 1. The Bertz CT molecular complexity index is 908. The molecule has 30 heavy (non-hydrogen) atoms. The van der Waals surface area contributed by atoms with Gasteiger partial charge in [-0.05, 0) is 80.8 Å². The number of hydrogen-bond acceptors (Lipinski definition) is 3. The Balaban J connectivity index is 1.57. The monoisotopic (exact) mass is 417 g/mol. The van der Waals surface area contributed by atoms with Crippen LogP contribution in [0.15, 0.2) is 42.5 Å². The van der Waals surface area contributed by atoms with Gasteiger partial charge in [0.1, 0.15) is 0 Å². The zero-order valence-electron chi connectivity index (χ0n) is 17.0. The number of carbonyl (C=O) groups excluding carboxylic acids is 1. The summed E-state index contributed by atoms with van der Waals surface area (Å²) in [5, 5.41) is 3.33. The Morgan fingerprint density at radius 2 is 1.97 bits per heavy atom. The molecule has 0 bridgehead atoms. The fourth-order valence-electron chi connectivity index (χ4n) is 4.38. The van der Waals surface area contributed by atoms with Gasteiger partial charge in [-0.15, -0.1) is 0 Å². The highest BCUT2D eigenvalue weighted by Gasteiger charge is 2.40. The lowest BCUT2D eigenvalue weighted by atomic mass is 9.98. The molecular weight excluding hydrogens is 391 g/mol. The summed E-state index contributed by atoms with van der Waals surface area (Å²) in [5.41, 5.74) is 0.666. The molecule has 0 saturated carbocycles. The molecule has 2 heterocycles. The fraction of sp³-hybridized carbons (Fsp3) is 0.435. The molecule has 7 heteroatoms. The lowest BCUT2D eigenvalue weighted by molar-refractivity contribution is -0.138. The van der Waals surface area contributed by atoms with Gasteiger partial charge in [0.25, 0.3) is 5.91 Å². The van der Waals surface area contributed by atoms with Crippen molar-refractivity contribution in [3.63, 3.8) is 0 Å². The van der Waals surface area contributed by atoms with Gasteiger partial charge in [-0.25, -0.2) is 0 Å². The Morgan fingerprint density at radius 1 is 1.20 bits per heavy atom. The van der Waals surface area contributed by atoms with Gasteiger partial charge in [0.05, 0.1) is 12.1 Å². The number of nitrogens with one attached hydrogen (secondary N) is 1. The number of benzene rings is 2. The zero-order chi connectivity index (χ0) is 21.3. The summed E-state index contributed by atoms with van der Waals surface area (Å²) in [5.74, 6) is 0.252. The van der Waals surface area contributed by atoms with Crippen LogP contribution in [-0.4, -0.2) is 37.5 Å². The Morgan fingerprint density at radius 3 is 2.63 bits per heavy atom. The minimum absolute atomic E-state index is 0.0577. The number of fused-ring (bicyclic) bond motifs is 1. The van der Waals surface area contributed by atoms with E-state index in [1.54, 1.807) is 30.3 Å². The first-order valence-corrected chi connectivity index (χ1v) is 10.3. The van der Waals surface area contributed by atoms with Gasteiger partial charge in [-0.3, -0.25) is 4.79 Å². The molecule has 2 aromatic carbocycles. The van der Waals surface area contributed by atoms with Crippen molar-refractivity contribution in [2.24, 2.45) is 5.92 Å². The van der Waals surface area contributed by atoms with Gasteiger partial charge in [-0.1, -0.05) is 18.2 Å². The lowest BCUT2D eigenvalue weighted by Crippen LogP contribution is -2.23. The smallest absolute Gasteiger partial charge is 0.316 e. The highest BCUT2D eigenvalue weighted by atomic mass is 19.4. The summed E-state index contributed by atoms with van der Waals surface area (Å²) in [6, 6.07) is 11.7. The first kappa shape index (κ1) is 20.9. The lowest BCUT2D eigenvalue weighted by Gasteiger charge is -2.20. The van der Waals surface area contributed by atoms with Crippen molar-refractivity contribution in [2.75, 3.05) is 31.6 Å². The second-order valence-electron chi connectivity index (χ2n) is 8.28. The number of alkyl halides is 3. The normalized spacial score (nSPS) is 19.0. The summed E-state index contributed by atoms with van der Waals surface area (Å²) < 4.78 is 41.5. The number of nitrogens with zero attached hydrogens (tertiary/aromatic N) is 2. The van der Waals surface area contributed by atoms with Crippen LogP contribution in [-0.2, 0) is 19.3 Å². The molecule has 2 aromatic rings. The van der Waals surface area contributed by atoms with Crippen LogP contribution in [0.3, 0.4) is 0 Å². The van der Waals surface area contributed by atoms with E-state index in [9.17, 15) is 18.0 Å². The predicted molar refractivity (Wildman–Crippen MR) is 110 cm³/mol. The average molecular weight is 417 g/mol. The van der Waals surface area contributed by atoms with Crippen LogP contribution in [0.1, 0.15) is 39.9 Å². The van der Waals surface area contributed by atoms with E-state index in [0.29, 0.717) is 23.7 Å². The third-order valence-corrected chi connectivity index (χ3v) is 6.01. The second-order valence-corrected chi connectivity index (χ2v) is 8.28. The molecule has 2 aliphatic heterocycles. The molecule has 0 radical (unpaired) electrons. The molecule has 4 rings (SSSR count). The maximum Gasteiger partial charge on any atom is 0.416 e. The van der Waals surface area contributed by atoms with E-state index < -0.39 is 11.7 Å². The Labute approximate surface area is 174 Å². The van der Waals surface area contributed by atoms with Crippen molar-refractivity contribution in [2.45, 2.75) is 32.1 Å². The molecule has 1 N–H and O–H groups in total. The van der Waals surface area contributed by atoms with Gasteiger partial charge in [0.15, 0.2) is 0 Å². The van der Waals surface area contributed by atoms with Crippen LogP contribution in [0.4, 0.5) is 18.9 Å². The fourth-order valence-corrected chi connectivity index (χ4v) is 4.38. The van der Waals surface area contributed by atoms with Crippen LogP contribution in [0.2, 0.25) is 0 Å². The van der Waals surface area contributed by atoms with E-state index in [4.69, 9.17) is 0 Å². The molecular formula is C23H26F3N3O. The van der Waals surface area contributed by atoms with Gasteiger partial charge >= 0.3 is 6.18 Å². The quantitative estimate of drug-likeness (QED) is 0.761. The number of hydrogen-bond donors (Lipinski definition) is 1. The molecule has 1 amide bonds. The summed E-state index contributed by atoms with van der Waals surface area (Å²) in [7, 11) is 1.92. The van der Waals surface area contributed by atoms with Gasteiger partial charge in [0, 0.05) is 17.8 Å². The summed E-state index contributed by atoms with van der Waals surface area (Å²) in [6.45, 7) is 3.19. The summed E-state index contributed by atoms with van der Waals surface area (Å²) in [6.07, 6.45) is -2.34. The minimum atomic E-state index is -4.50. The highest BCUT2D eigenvalue weighted by molar-refractivity contribution is 6.10.